The Bertz CT molecular complexity index is 1120. The topological polar surface area (TPSA) is 62.0 Å². The fraction of sp³-hybridized carbons (Fsp3) is 0.100. The summed E-state index contributed by atoms with van der Waals surface area (Å²) in [5.74, 6) is 4.63. The number of rotatable bonds is 2. The monoisotopic (exact) mass is 370 g/mol. The molecule has 2 aromatic carbocycles. The van der Waals surface area contributed by atoms with Crippen molar-refractivity contribution in [1.82, 2.24) is 10.3 Å². The van der Waals surface area contributed by atoms with Crippen LogP contribution in [0.1, 0.15) is 21.6 Å². The van der Waals surface area contributed by atoms with Gasteiger partial charge in [0.1, 0.15) is 5.69 Å². The number of aromatic amines is 1. The summed E-state index contributed by atoms with van der Waals surface area (Å²) in [6.07, 6.45) is -4.44. The van der Waals surface area contributed by atoms with E-state index in [-0.39, 0.29) is 23.4 Å². The van der Waals surface area contributed by atoms with Gasteiger partial charge in [0.25, 0.3) is 11.5 Å². The van der Waals surface area contributed by atoms with Gasteiger partial charge in [-0.25, -0.2) is 0 Å². The van der Waals surface area contributed by atoms with Crippen LogP contribution in [0.25, 0.3) is 10.8 Å². The molecule has 0 spiro atoms. The van der Waals surface area contributed by atoms with Gasteiger partial charge in [-0.2, -0.15) is 13.2 Å². The van der Waals surface area contributed by atoms with Crippen molar-refractivity contribution in [3.63, 3.8) is 0 Å². The summed E-state index contributed by atoms with van der Waals surface area (Å²) in [7, 11) is 0. The number of alkyl halides is 3. The van der Waals surface area contributed by atoms with Crippen LogP contribution in [-0.4, -0.2) is 17.4 Å². The Labute approximate surface area is 152 Å². The number of hydrogen-bond donors (Lipinski definition) is 2. The molecule has 1 aromatic heterocycles. The van der Waals surface area contributed by atoms with Gasteiger partial charge in [-0.3, -0.25) is 9.59 Å². The zero-order valence-corrected chi connectivity index (χ0v) is 13.9. The summed E-state index contributed by atoms with van der Waals surface area (Å²) in [6, 6.07) is 13.0. The van der Waals surface area contributed by atoms with E-state index < -0.39 is 17.6 Å². The lowest BCUT2D eigenvalue weighted by Crippen LogP contribution is -2.26. The number of H-pyrrole nitrogens is 1. The van der Waals surface area contributed by atoms with Crippen LogP contribution in [0.2, 0.25) is 0 Å². The average Bonchev–Trinajstić information content (AvgIpc) is 2.64. The molecule has 4 nitrogen and oxygen atoms in total. The SMILES string of the molecule is O=C(NCC#Cc1cccc(C(F)(F)F)c1)c1cc2ccccc2c(=O)[nH]1. The third-order valence-corrected chi connectivity index (χ3v) is 3.76. The van der Waals surface area contributed by atoms with E-state index in [1.54, 1.807) is 30.3 Å². The minimum Gasteiger partial charge on any atom is -0.340 e. The standard InChI is InChI=1S/C20H13F3N2O2/c21-20(22,23)15-8-3-5-13(11-15)6-4-10-24-19(27)17-12-14-7-1-2-9-16(14)18(26)25-17/h1-3,5,7-9,11-12H,10H2,(H,24,27)(H,25,26). The minimum atomic E-state index is -4.44. The number of halogens is 3. The van der Waals surface area contributed by atoms with Gasteiger partial charge < -0.3 is 10.3 Å². The molecule has 0 aliphatic rings. The predicted molar refractivity (Wildman–Crippen MR) is 95.2 cm³/mol. The maximum Gasteiger partial charge on any atom is 0.416 e. The van der Waals surface area contributed by atoms with E-state index in [0.29, 0.717) is 10.8 Å². The summed E-state index contributed by atoms with van der Waals surface area (Å²) in [5, 5.41) is 3.60. The molecule has 3 rings (SSSR count). The zero-order chi connectivity index (χ0) is 19.4. The molecule has 136 valence electrons. The van der Waals surface area contributed by atoms with Gasteiger partial charge in [-0.15, -0.1) is 0 Å². The highest BCUT2D eigenvalue weighted by molar-refractivity contribution is 5.96. The maximum atomic E-state index is 12.7. The fourth-order valence-corrected chi connectivity index (χ4v) is 2.47. The number of hydrogen-bond acceptors (Lipinski definition) is 2. The van der Waals surface area contributed by atoms with Crippen molar-refractivity contribution in [3.8, 4) is 11.8 Å². The van der Waals surface area contributed by atoms with Crippen LogP contribution in [0.4, 0.5) is 13.2 Å². The summed E-state index contributed by atoms with van der Waals surface area (Å²) in [4.78, 5) is 26.6. The molecule has 0 aliphatic carbocycles. The van der Waals surface area contributed by atoms with Crippen LogP contribution >= 0.6 is 0 Å². The van der Waals surface area contributed by atoms with E-state index in [9.17, 15) is 22.8 Å². The first-order valence-corrected chi connectivity index (χ1v) is 7.91. The molecule has 0 fully saturated rings. The van der Waals surface area contributed by atoms with Gasteiger partial charge >= 0.3 is 6.18 Å². The van der Waals surface area contributed by atoms with E-state index >= 15 is 0 Å². The van der Waals surface area contributed by atoms with Crippen LogP contribution in [0.5, 0.6) is 0 Å². The third kappa shape index (κ3) is 4.36. The van der Waals surface area contributed by atoms with Crippen molar-refractivity contribution in [2.75, 3.05) is 6.54 Å². The first-order valence-electron chi connectivity index (χ1n) is 7.91. The molecule has 0 bridgehead atoms. The van der Waals surface area contributed by atoms with E-state index in [4.69, 9.17) is 0 Å². The van der Waals surface area contributed by atoms with Crippen LogP contribution in [0.3, 0.4) is 0 Å². The van der Waals surface area contributed by atoms with Crippen molar-refractivity contribution < 1.29 is 18.0 Å². The molecule has 0 radical (unpaired) electrons. The lowest BCUT2D eigenvalue weighted by Gasteiger charge is -2.06. The Balaban J connectivity index is 1.69. The van der Waals surface area contributed by atoms with Gasteiger partial charge in [0.2, 0.25) is 0 Å². The second-order valence-electron chi connectivity index (χ2n) is 5.66. The van der Waals surface area contributed by atoms with Gasteiger partial charge in [-0.05, 0) is 35.7 Å². The Kier molecular flexibility index (Phi) is 4.99. The summed E-state index contributed by atoms with van der Waals surface area (Å²) < 4.78 is 38.0. The first kappa shape index (κ1) is 18.3. The molecule has 1 amide bonds. The molecular weight excluding hydrogens is 357 g/mol. The molecular formula is C20H13F3N2O2. The van der Waals surface area contributed by atoms with Crippen molar-refractivity contribution in [2.45, 2.75) is 6.18 Å². The molecule has 0 saturated heterocycles. The normalized spacial score (nSPS) is 10.9. The average molecular weight is 370 g/mol. The zero-order valence-electron chi connectivity index (χ0n) is 13.9. The maximum absolute atomic E-state index is 12.7. The molecule has 0 saturated carbocycles. The molecule has 0 unspecified atom stereocenters. The fourth-order valence-electron chi connectivity index (χ4n) is 2.47. The van der Waals surface area contributed by atoms with Gasteiger partial charge in [-0.1, -0.05) is 36.1 Å². The summed E-state index contributed by atoms with van der Waals surface area (Å²) in [5.41, 5.74) is -0.891. The van der Waals surface area contributed by atoms with Crippen LogP contribution in [-0.2, 0) is 6.18 Å². The summed E-state index contributed by atoms with van der Waals surface area (Å²) in [6.45, 7) is -0.0794. The van der Waals surface area contributed by atoms with E-state index in [0.717, 1.165) is 12.1 Å². The molecule has 27 heavy (non-hydrogen) atoms. The Morgan fingerprint density at radius 3 is 2.63 bits per heavy atom. The Hall–Kier alpha value is -3.53. The Morgan fingerprint density at radius 2 is 1.85 bits per heavy atom. The molecule has 7 heteroatoms. The molecule has 3 aromatic rings. The predicted octanol–water partition coefficient (Wildman–Crippen LogP) is 3.33. The van der Waals surface area contributed by atoms with Gasteiger partial charge in [0, 0.05) is 10.9 Å². The molecule has 2 N–H and O–H groups in total. The first-order chi connectivity index (χ1) is 12.8. The smallest absolute Gasteiger partial charge is 0.340 e. The number of nitrogens with one attached hydrogen (secondary N) is 2. The lowest BCUT2D eigenvalue weighted by molar-refractivity contribution is -0.137. The van der Waals surface area contributed by atoms with Crippen molar-refractivity contribution in [3.05, 3.63) is 81.8 Å². The van der Waals surface area contributed by atoms with E-state index in [1.807, 2.05) is 0 Å². The lowest BCUT2D eigenvalue weighted by atomic mass is 10.1. The quantitative estimate of drug-likeness (QED) is 0.680. The number of benzene rings is 2. The molecule has 1 heterocycles. The molecule has 0 atom stereocenters. The number of pyridine rings is 1. The van der Waals surface area contributed by atoms with Gasteiger partial charge in [0.05, 0.1) is 12.1 Å². The van der Waals surface area contributed by atoms with Crippen molar-refractivity contribution in [1.29, 1.82) is 0 Å². The van der Waals surface area contributed by atoms with Crippen LogP contribution < -0.4 is 10.9 Å². The number of carbonyl (C=O) groups excluding carboxylic acids is 1. The minimum absolute atomic E-state index is 0.0794. The number of aromatic nitrogens is 1. The number of fused-ring (bicyclic) bond motifs is 1. The highest BCUT2D eigenvalue weighted by atomic mass is 19.4. The largest absolute Gasteiger partial charge is 0.416 e. The van der Waals surface area contributed by atoms with Crippen molar-refractivity contribution in [2.24, 2.45) is 0 Å². The van der Waals surface area contributed by atoms with E-state index in [2.05, 4.69) is 22.1 Å². The van der Waals surface area contributed by atoms with Gasteiger partial charge in [0.15, 0.2) is 0 Å². The number of carbonyl (C=O) groups is 1. The second kappa shape index (κ2) is 7.38. The third-order valence-electron chi connectivity index (χ3n) is 3.76. The highest BCUT2D eigenvalue weighted by Gasteiger charge is 2.30. The number of amides is 1. The summed E-state index contributed by atoms with van der Waals surface area (Å²) >= 11 is 0. The second-order valence-corrected chi connectivity index (χ2v) is 5.66. The highest BCUT2D eigenvalue weighted by Crippen LogP contribution is 2.29. The van der Waals surface area contributed by atoms with E-state index in [1.165, 1.54) is 12.1 Å². The Morgan fingerprint density at radius 1 is 1.07 bits per heavy atom. The van der Waals surface area contributed by atoms with Crippen molar-refractivity contribution >= 4 is 16.7 Å². The van der Waals surface area contributed by atoms with Crippen LogP contribution in [0.15, 0.2) is 59.4 Å². The van der Waals surface area contributed by atoms with Crippen LogP contribution in [0, 0.1) is 11.8 Å². The molecule has 0 aliphatic heterocycles.